The maximum atomic E-state index is 12.5. The zero-order valence-electron chi connectivity index (χ0n) is 27.1. The van der Waals surface area contributed by atoms with E-state index >= 15 is 0 Å². The number of carbonyl (C=O) groups is 1. The number of imidazole rings is 1. The van der Waals surface area contributed by atoms with Gasteiger partial charge in [0.1, 0.15) is 23.7 Å². The Morgan fingerprint density at radius 3 is 2.44 bits per heavy atom. The molecule has 0 aliphatic carbocycles. The van der Waals surface area contributed by atoms with E-state index < -0.39 is 0 Å². The fourth-order valence-corrected chi connectivity index (χ4v) is 6.18. The number of fused-ring (bicyclic) bond motifs is 1. The number of nitrogens with one attached hydrogen (secondary N) is 3. The summed E-state index contributed by atoms with van der Waals surface area (Å²) in [6, 6.07) is 23.2. The summed E-state index contributed by atoms with van der Waals surface area (Å²) in [5, 5.41) is 6.37. The molecule has 3 aromatic carbocycles. The van der Waals surface area contributed by atoms with Gasteiger partial charge in [0, 0.05) is 69.7 Å². The van der Waals surface area contributed by atoms with E-state index in [0.29, 0.717) is 19.2 Å². The summed E-state index contributed by atoms with van der Waals surface area (Å²) in [4.78, 5) is 28.2. The molecular formula is C36H47N7O2. The van der Waals surface area contributed by atoms with Gasteiger partial charge < -0.3 is 25.3 Å². The van der Waals surface area contributed by atoms with Crippen LogP contribution < -0.4 is 20.3 Å². The lowest BCUT2D eigenvalue weighted by molar-refractivity contribution is -0.118. The molecule has 0 radical (unpaired) electrons. The van der Waals surface area contributed by atoms with Gasteiger partial charge in [-0.25, -0.2) is 4.98 Å². The van der Waals surface area contributed by atoms with Gasteiger partial charge in [0.05, 0.1) is 17.7 Å². The van der Waals surface area contributed by atoms with Crippen molar-refractivity contribution in [1.82, 2.24) is 25.1 Å². The average molecular weight is 610 g/mol. The first-order valence-electron chi connectivity index (χ1n) is 16.3. The van der Waals surface area contributed by atoms with Gasteiger partial charge in [-0.1, -0.05) is 51.1 Å². The Hall–Kier alpha value is -3.92. The highest BCUT2D eigenvalue weighted by molar-refractivity contribution is 5.92. The summed E-state index contributed by atoms with van der Waals surface area (Å²) in [5.74, 6) is 1.75. The van der Waals surface area contributed by atoms with Gasteiger partial charge in [0.2, 0.25) is 5.91 Å². The predicted octanol–water partition coefficient (Wildman–Crippen LogP) is 4.96. The fourth-order valence-electron chi connectivity index (χ4n) is 6.18. The van der Waals surface area contributed by atoms with Crippen LogP contribution in [0.3, 0.4) is 0 Å². The smallest absolute Gasteiger partial charge is 0.238 e. The molecule has 1 atom stereocenters. The van der Waals surface area contributed by atoms with Crippen molar-refractivity contribution in [1.29, 1.82) is 0 Å². The molecule has 6 rings (SSSR count). The highest BCUT2D eigenvalue weighted by Gasteiger charge is 2.22. The first kappa shape index (κ1) is 31.1. The molecule has 45 heavy (non-hydrogen) atoms. The molecule has 2 aliphatic heterocycles. The second-order valence-corrected chi connectivity index (χ2v) is 13.4. The summed E-state index contributed by atoms with van der Waals surface area (Å²) < 4.78 is 6.05. The van der Waals surface area contributed by atoms with Crippen LogP contribution in [0.1, 0.15) is 33.3 Å². The maximum absolute atomic E-state index is 12.5. The summed E-state index contributed by atoms with van der Waals surface area (Å²) in [6.07, 6.45) is 0. The quantitative estimate of drug-likeness (QED) is 0.247. The van der Waals surface area contributed by atoms with E-state index in [1.165, 1.54) is 11.3 Å². The fraction of sp³-hybridized carbons (Fsp3) is 0.444. The third-order valence-corrected chi connectivity index (χ3v) is 9.03. The van der Waals surface area contributed by atoms with Gasteiger partial charge in [0.25, 0.3) is 0 Å². The van der Waals surface area contributed by atoms with Crippen molar-refractivity contribution in [3.05, 3.63) is 72.3 Å². The molecule has 4 aromatic rings. The number of piperazine rings is 2. The molecule has 238 valence electrons. The van der Waals surface area contributed by atoms with Gasteiger partial charge in [-0.2, -0.15) is 0 Å². The number of H-pyrrole nitrogens is 1. The number of para-hydroxylation sites is 1. The number of ether oxygens (including phenoxy) is 1. The molecule has 2 aliphatic rings. The number of nitrogens with zero attached hydrogens (tertiary/aromatic N) is 4. The first-order chi connectivity index (χ1) is 21.7. The third-order valence-electron chi connectivity index (χ3n) is 9.03. The molecule has 1 aromatic heterocycles. The maximum Gasteiger partial charge on any atom is 0.238 e. The molecule has 2 saturated heterocycles. The highest BCUT2D eigenvalue weighted by atomic mass is 16.5. The molecule has 1 unspecified atom stereocenters. The largest absolute Gasteiger partial charge is 0.492 e. The SMILES string of the molecule is CC1CNCCN1CC(=O)Nc1ccc(OCCN2CCN(c3cccc4[nH]c(-c5ccc(C(C)(C)C)cc5)nc34)CC2)cc1. The van der Waals surface area contributed by atoms with E-state index in [1.54, 1.807) is 0 Å². The second-order valence-electron chi connectivity index (χ2n) is 13.4. The van der Waals surface area contributed by atoms with Crippen LogP contribution in [-0.2, 0) is 10.2 Å². The van der Waals surface area contributed by atoms with Crippen LogP contribution >= 0.6 is 0 Å². The molecule has 0 spiro atoms. The van der Waals surface area contributed by atoms with Crippen molar-refractivity contribution < 1.29 is 9.53 Å². The minimum atomic E-state index is 0.0198. The predicted molar refractivity (Wildman–Crippen MR) is 183 cm³/mol. The lowest BCUT2D eigenvalue weighted by atomic mass is 9.87. The lowest BCUT2D eigenvalue weighted by Gasteiger charge is -2.36. The zero-order valence-corrected chi connectivity index (χ0v) is 27.1. The van der Waals surface area contributed by atoms with Crippen molar-refractivity contribution in [2.24, 2.45) is 0 Å². The number of benzene rings is 3. The van der Waals surface area contributed by atoms with E-state index in [9.17, 15) is 4.79 Å². The normalized spacial score (nSPS) is 18.3. The molecule has 9 nitrogen and oxygen atoms in total. The number of hydrogen-bond donors (Lipinski definition) is 3. The Balaban J connectivity index is 0.968. The number of anilines is 2. The number of aromatic nitrogens is 2. The summed E-state index contributed by atoms with van der Waals surface area (Å²) in [6.45, 7) is 17.4. The highest BCUT2D eigenvalue weighted by Crippen LogP contribution is 2.30. The van der Waals surface area contributed by atoms with Crippen LogP contribution in [-0.4, -0.2) is 97.2 Å². The van der Waals surface area contributed by atoms with E-state index in [4.69, 9.17) is 9.72 Å². The van der Waals surface area contributed by atoms with Gasteiger partial charge in [-0.15, -0.1) is 0 Å². The lowest BCUT2D eigenvalue weighted by Crippen LogP contribution is -2.51. The van der Waals surface area contributed by atoms with Crippen molar-refractivity contribution in [2.75, 3.05) is 75.7 Å². The summed E-state index contributed by atoms with van der Waals surface area (Å²) >= 11 is 0. The third kappa shape index (κ3) is 7.66. The summed E-state index contributed by atoms with van der Waals surface area (Å²) in [5.41, 5.74) is 6.63. The van der Waals surface area contributed by atoms with Crippen molar-refractivity contribution in [2.45, 2.75) is 39.2 Å². The standard InChI is InChI=1S/C36H47N7O2/c1-26-24-37-16-17-43(26)25-33(44)38-29-12-14-30(15-13-29)45-23-22-41-18-20-42(21-19-41)32-7-5-6-31-34(32)40-35(39-31)27-8-10-28(11-9-27)36(2,3)4/h5-15,26,37H,16-25H2,1-4H3,(H,38,44)(H,39,40). The van der Waals surface area contributed by atoms with E-state index in [0.717, 1.165) is 86.2 Å². The topological polar surface area (TPSA) is 88.8 Å². The van der Waals surface area contributed by atoms with Crippen LogP contribution in [0.25, 0.3) is 22.4 Å². The van der Waals surface area contributed by atoms with E-state index in [1.807, 2.05) is 24.3 Å². The van der Waals surface area contributed by atoms with Crippen LogP contribution in [0, 0.1) is 0 Å². The Morgan fingerprint density at radius 1 is 0.978 bits per heavy atom. The molecule has 3 heterocycles. The van der Waals surface area contributed by atoms with Gasteiger partial charge in [-0.05, 0) is 54.3 Å². The monoisotopic (exact) mass is 609 g/mol. The Bertz CT molecular complexity index is 1570. The number of hydrogen-bond acceptors (Lipinski definition) is 7. The second kappa shape index (κ2) is 13.6. The minimum absolute atomic E-state index is 0.0198. The van der Waals surface area contributed by atoms with Crippen LogP contribution in [0.2, 0.25) is 0 Å². The van der Waals surface area contributed by atoms with Gasteiger partial charge in [-0.3, -0.25) is 14.6 Å². The van der Waals surface area contributed by atoms with Crippen LogP contribution in [0.15, 0.2) is 66.7 Å². The Morgan fingerprint density at radius 2 is 1.73 bits per heavy atom. The Kier molecular flexibility index (Phi) is 9.40. The van der Waals surface area contributed by atoms with Gasteiger partial charge in [0.15, 0.2) is 0 Å². The molecule has 3 N–H and O–H groups in total. The molecule has 1 amide bonds. The van der Waals surface area contributed by atoms with Crippen LogP contribution in [0.4, 0.5) is 11.4 Å². The summed E-state index contributed by atoms with van der Waals surface area (Å²) in [7, 11) is 0. The molecular weight excluding hydrogens is 562 g/mol. The first-order valence-corrected chi connectivity index (χ1v) is 16.3. The van der Waals surface area contributed by atoms with Crippen LogP contribution in [0.5, 0.6) is 5.75 Å². The minimum Gasteiger partial charge on any atom is -0.492 e. The molecule has 0 saturated carbocycles. The number of rotatable bonds is 9. The van der Waals surface area contributed by atoms with Crippen molar-refractivity contribution >= 4 is 28.3 Å². The number of aromatic amines is 1. The molecule has 2 fully saturated rings. The van der Waals surface area contributed by atoms with Gasteiger partial charge >= 0.3 is 0 Å². The number of amides is 1. The van der Waals surface area contributed by atoms with Crippen molar-refractivity contribution in [3.8, 4) is 17.1 Å². The number of carbonyl (C=O) groups excluding carboxylic acids is 1. The molecule has 9 heteroatoms. The average Bonchev–Trinajstić information content (AvgIpc) is 3.48. The zero-order chi connectivity index (χ0) is 31.4. The Labute approximate surface area is 267 Å². The van der Waals surface area contributed by atoms with E-state index in [2.05, 4.69) is 100 Å². The van der Waals surface area contributed by atoms with Crippen molar-refractivity contribution in [3.63, 3.8) is 0 Å². The molecule has 0 bridgehead atoms. The van der Waals surface area contributed by atoms with E-state index in [-0.39, 0.29) is 11.3 Å².